The molecule has 4 atom stereocenters. The fraction of sp³-hybridized carbons (Fsp3) is 0.579. The molecule has 1 saturated heterocycles. The summed E-state index contributed by atoms with van der Waals surface area (Å²) >= 11 is 0. The number of benzene rings is 1. The Hall–Kier alpha value is -3.12. The van der Waals surface area contributed by atoms with Crippen LogP contribution in [-0.2, 0) is 9.53 Å². The van der Waals surface area contributed by atoms with E-state index in [4.69, 9.17) is 4.74 Å². The number of ketones is 2. The van der Waals surface area contributed by atoms with E-state index in [0.29, 0.717) is 37.9 Å². The van der Waals surface area contributed by atoms with Crippen molar-refractivity contribution in [2.75, 3.05) is 0 Å². The lowest BCUT2D eigenvalue weighted by atomic mass is 9.38. The molecule has 0 radical (unpaired) electrons. The number of phenols is 2. The maximum atomic E-state index is 15.2. The number of fused-ring (bicyclic) bond motifs is 1. The molecule has 6 nitrogen and oxygen atoms in total. The fourth-order valence-corrected chi connectivity index (χ4v) is 7.94. The monoisotopic (exact) mass is 604 g/mol. The van der Waals surface area contributed by atoms with E-state index in [1.165, 1.54) is 23.8 Å². The molecule has 2 fully saturated rings. The average molecular weight is 605 g/mol. The summed E-state index contributed by atoms with van der Waals surface area (Å²) in [7, 11) is 0. The van der Waals surface area contributed by atoms with Gasteiger partial charge in [-0.3, -0.25) is 9.59 Å². The van der Waals surface area contributed by atoms with E-state index in [2.05, 4.69) is 32.1 Å². The first kappa shape index (κ1) is 33.8. The minimum atomic E-state index is -1.25. The van der Waals surface area contributed by atoms with Crippen LogP contribution in [0.5, 0.6) is 11.5 Å². The largest absolute Gasteiger partial charge is 0.504 e. The summed E-state index contributed by atoms with van der Waals surface area (Å²) in [6.45, 7) is 20.2. The van der Waals surface area contributed by atoms with Crippen molar-refractivity contribution in [3.8, 4) is 11.5 Å². The van der Waals surface area contributed by atoms with E-state index in [9.17, 15) is 20.1 Å². The molecule has 44 heavy (non-hydrogen) atoms. The second-order valence-electron chi connectivity index (χ2n) is 15.5. The third-order valence-electron chi connectivity index (χ3n) is 11.0. The van der Waals surface area contributed by atoms with Crippen LogP contribution < -0.4 is 0 Å². The number of aliphatic hydroxyl groups is 1. The van der Waals surface area contributed by atoms with Gasteiger partial charge in [-0.25, -0.2) is 0 Å². The van der Waals surface area contributed by atoms with Crippen molar-refractivity contribution >= 4 is 11.6 Å². The van der Waals surface area contributed by atoms with Crippen molar-refractivity contribution in [2.45, 2.75) is 119 Å². The van der Waals surface area contributed by atoms with Gasteiger partial charge in [0.25, 0.3) is 0 Å². The van der Waals surface area contributed by atoms with Crippen LogP contribution >= 0.6 is 0 Å². The Labute approximate surface area is 263 Å². The predicted octanol–water partition coefficient (Wildman–Crippen LogP) is 8.53. The highest BCUT2D eigenvalue weighted by atomic mass is 16.5. The first-order valence-electron chi connectivity index (χ1n) is 15.9. The highest BCUT2D eigenvalue weighted by Crippen LogP contribution is 2.72. The number of hydrogen-bond acceptors (Lipinski definition) is 6. The van der Waals surface area contributed by atoms with E-state index in [-0.39, 0.29) is 28.6 Å². The van der Waals surface area contributed by atoms with Crippen LogP contribution in [0.1, 0.15) is 118 Å². The first-order chi connectivity index (χ1) is 20.2. The number of allylic oxidation sites excluding steroid dienone is 7. The zero-order chi connectivity index (χ0) is 33.0. The summed E-state index contributed by atoms with van der Waals surface area (Å²) in [5.74, 6) is -1.17. The molecule has 3 N–H and O–H groups in total. The van der Waals surface area contributed by atoms with Gasteiger partial charge in [-0.15, -0.1) is 0 Å². The van der Waals surface area contributed by atoms with E-state index >= 15 is 4.79 Å². The fourth-order valence-electron chi connectivity index (χ4n) is 7.94. The van der Waals surface area contributed by atoms with Crippen molar-refractivity contribution < 1.29 is 29.6 Å². The maximum Gasteiger partial charge on any atom is 0.200 e. The molecular weight excluding hydrogens is 552 g/mol. The molecule has 4 rings (SSSR count). The topological polar surface area (TPSA) is 104 Å². The molecule has 6 heteroatoms. The van der Waals surface area contributed by atoms with Crippen molar-refractivity contribution in [3.05, 3.63) is 70.0 Å². The maximum absolute atomic E-state index is 15.2. The van der Waals surface area contributed by atoms with Crippen molar-refractivity contribution in [1.29, 1.82) is 0 Å². The third-order valence-corrected chi connectivity index (χ3v) is 11.0. The van der Waals surface area contributed by atoms with Crippen LogP contribution in [0.15, 0.2) is 64.5 Å². The standard InChI is InChI=1S/C38H52O6/c1-23(2)11-13-27-20-36-21-37(17-15-24(3)4,35(9,10)38(43,22-36)18-16-25(5)6)32(42)30(33(36)44-34(27,7)8)31(41)26-12-14-28(39)29(40)19-26/h11-12,14-16,19,27,39-40,43H,13,17-18,20-22H2,1-10H3. The molecule has 1 spiro atoms. The van der Waals surface area contributed by atoms with Crippen LogP contribution in [0.2, 0.25) is 0 Å². The lowest BCUT2D eigenvalue weighted by molar-refractivity contribution is -0.232. The smallest absolute Gasteiger partial charge is 0.200 e. The normalized spacial score (nSPS) is 30.1. The van der Waals surface area contributed by atoms with Crippen molar-refractivity contribution in [2.24, 2.45) is 22.2 Å². The Morgan fingerprint density at radius 1 is 0.886 bits per heavy atom. The van der Waals surface area contributed by atoms with Crippen LogP contribution in [0.4, 0.5) is 0 Å². The van der Waals surface area contributed by atoms with Gasteiger partial charge in [0, 0.05) is 27.7 Å². The van der Waals surface area contributed by atoms with Crippen LogP contribution in [-0.4, -0.2) is 38.1 Å². The minimum Gasteiger partial charge on any atom is -0.504 e. The molecule has 2 bridgehead atoms. The van der Waals surface area contributed by atoms with Crippen LogP contribution in [0.3, 0.4) is 0 Å². The highest BCUT2D eigenvalue weighted by molar-refractivity contribution is 6.29. The number of carbonyl (C=O) groups is 2. The van der Waals surface area contributed by atoms with Gasteiger partial charge >= 0.3 is 0 Å². The molecule has 0 amide bonds. The number of rotatable bonds is 8. The molecule has 240 valence electrons. The average Bonchev–Trinajstić information content (AvgIpc) is 2.91. The van der Waals surface area contributed by atoms with Gasteiger partial charge in [0.1, 0.15) is 16.9 Å². The van der Waals surface area contributed by atoms with Gasteiger partial charge in [0.2, 0.25) is 0 Å². The Bertz CT molecular complexity index is 1470. The number of aromatic hydroxyl groups is 2. The number of carbonyl (C=O) groups excluding carboxylic acids is 2. The third kappa shape index (κ3) is 5.48. The summed E-state index contributed by atoms with van der Waals surface area (Å²) in [5.41, 5.74) is -1.21. The highest BCUT2D eigenvalue weighted by Gasteiger charge is 2.73. The molecule has 1 heterocycles. The van der Waals surface area contributed by atoms with E-state index in [1.54, 1.807) is 0 Å². The van der Waals surface area contributed by atoms with Gasteiger partial charge in [0.15, 0.2) is 23.1 Å². The number of Topliss-reactive ketones (excluding diaryl/α,β-unsaturated/α-hetero) is 2. The van der Waals surface area contributed by atoms with E-state index in [0.717, 1.165) is 17.6 Å². The quantitative estimate of drug-likeness (QED) is 0.119. The predicted molar refractivity (Wildman–Crippen MR) is 174 cm³/mol. The van der Waals surface area contributed by atoms with Crippen LogP contribution in [0.25, 0.3) is 0 Å². The molecule has 2 aliphatic carbocycles. The summed E-state index contributed by atoms with van der Waals surface area (Å²) in [4.78, 5) is 29.7. The molecule has 1 saturated carbocycles. The minimum absolute atomic E-state index is 0.00887. The van der Waals surface area contributed by atoms with Gasteiger partial charge in [-0.2, -0.15) is 0 Å². The molecule has 4 unspecified atom stereocenters. The number of phenolic OH excluding ortho intramolecular Hbond substituents is 2. The zero-order valence-corrected chi connectivity index (χ0v) is 28.4. The second kappa shape index (κ2) is 11.3. The van der Waals surface area contributed by atoms with E-state index < -0.39 is 39.0 Å². The van der Waals surface area contributed by atoms with Crippen LogP contribution in [0, 0.1) is 22.2 Å². The van der Waals surface area contributed by atoms with Crippen molar-refractivity contribution in [1.82, 2.24) is 0 Å². The van der Waals surface area contributed by atoms with E-state index in [1.807, 2.05) is 55.4 Å². The molecule has 1 aromatic carbocycles. The number of ether oxygens (including phenoxy) is 1. The molecule has 0 aromatic heterocycles. The summed E-state index contributed by atoms with van der Waals surface area (Å²) in [5, 5.41) is 33.1. The Balaban J connectivity index is 2.08. The Morgan fingerprint density at radius 3 is 2.05 bits per heavy atom. The summed E-state index contributed by atoms with van der Waals surface area (Å²) in [6, 6.07) is 3.90. The lowest BCUT2D eigenvalue weighted by Gasteiger charge is -2.67. The summed E-state index contributed by atoms with van der Waals surface area (Å²) in [6.07, 6.45) is 9.38. The Morgan fingerprint density at radius 2 is 1.48 bits per heavy atom. The van der Waals surface area contributed by atoms with Crippen molar-refractivity contribution in [3.63, 3.8) is 0 Å². The second-order valence-corrected chi connectivity index (χ2v) is 15.5. The zero-order valence-electron chi connectivity index (χ0n) is 28.4. The molecule has 3 aliphatic rings. The van der Waals surface area contributed by atoms with Gasteiger partial charge in [-0.05, 0) is 112 Å². The first-order valence-corrected chi connectivity index (χ1v) is 15.9. The van der Waals surface area contributed by atoms with Gasteiger partial charge < -0.3 is 20.1 Å². The van der Waals surface area contributed by atoms with Gasteiger partial charge in [0.05, 0.1) is 5.60 Å². The Kier molecular flexibility index (Phi) is 8.71. The van der Waals surface area contributed by atoms with Gasteiger partial charge in [-0.1, -0.05) is 48.8 Å². The molecule has 1 aromatic rings. The summed E-state index contributed by atoms with van der Waals surface area (Å²) < 4.78 is 6.89. The molecule has 1 aliphatic heterocycles. The number of hydrogen-bond donors (Lipinski definition) is 3. The SMILES string of the molecule is CC(C)=CCC1CC23CC(O)(CC=C(C)C)C(C)(C)C(CC=C(C)C)(C2)C(=O)C(C(=O)c2ccc(O)c(O)c2)=C3OC1(C)C. The molecular formula is C38H52O6. The lowest BCUT2D eigenvalue weighted by Crippen LogP contribution is -2.69.